The Balaban J connectivity index is 2.81. The van der Waals surface area contributed by atoms with E-state index in [-0.39, 0.29) is 6.61 Å². The first-order valence-corrected chi connectivity index (χ1v) is 7.58. The van der Waals surface area contributed by atoms with Crippen molar-refractivity contribution < 1.29 is 12.6 Å². The molecule has 0 N–H and O–H groups in total. The van der Waals surface area contributed by atoms with Crippen molar-refractivity contribution in [3.63, 3.8) is 0 Å². The third kappa shape index (κ3) is 4.12. The normalized spacial score (nSPS) is 12.3. The third-order valence-electron chi connectivity index (χ3n) is 2.76. The van der Waals surface area contributed by atoms with Crippen LogP contribution in [0.3, 0.4) is 0 Å². The van der Waals surface area contributed by atoms with Crippen LogP contribution in [0.15, 0.2) is 6.20 Å². The molecule has 0 unspecified atom stereocenters. The molecule has 0 bridgehead atoms. The zero-order chi connectivity index (χ0) is 13.1. The van der Waals surface area contributed by atoms with E-state index in [0.717, 1.165) is 30.4 Å². The van der Waals surface area contributed by atoms with E-state index in [1.807, 2.05) is 17.8 Å². The molecule has 98 valence electrons. The van der Waals surface area contributed by atoms with Crippen LogP contribution >= 0.6 is 0 Å². The Morgan fingerprint density at radius 1 is 1.41 bits per heavy atom. The SMILES string of the molecule is CCC(CC)n1cc(COS(C)(=O)=O)c(C)n1. The maximum absolute atomic E-state index is 10.9. The highest BCUT2D eigenvalue weighted by Crippen LogP contribution is 2.18. The Kier molecular flexibility index (Phi) is 4.70. The van der Waals surface area contributed by atoms with Gasteiger partial charge in [0.05, 0.1) is 24.6 Å². The summed E-state index contributed by atoms with van der Waals surface area (Å²) in [5.74, 6) is 0. The van der Waals surface area contributed by atoms with Crippen LogP contribution in [0.1, 0.15) is 44.0 Å². The molecular weight excluding hydrogens is 240 g/mol. The van der Waals surface area contributed by atoms with Crippen molar-refractivity contribution in [2.45, 2.75) is 46.3 Å². The molecule has 0 aliphatic carbocycles. The summed E-state index contributed by atoms with van der Waals surface area (Å²) >= 11 is 0. The van der Waals surface area contributed by atoms with Crippen LogP contribution in [0.25, 0.3) is 0 Å². The van der Waals surface area contributed by atoms with Crippen LogP contribution in [-0.2, 0) is 20.9 Å². The maximum atomic E-state index is 10.9. The van der Waals surface area contributed by atoms with Crippen LogP contribution in [0.2, 0.25) is 0 Å². The average molecular weight is 260 g/mol. The monoisotopic (exact) mass is 260 g/mol. The van der Waals surface area contributed by atoms with Gasteiger partial charge in [0.15, 0.2) is 0 Å². The summed E-state index contributed by atoms with van der Waals surface area (Å²) in [6.45, 7) is 6.14. The van der Waals surface area contributed by atoms with E-state index in [1.165, 1.54) is 0 Å². The van der Waals surface area contributed by atoms with Gasteiger partial charge in [-0.05, 0) is 19.8 Å². The van der Waals surface area contributed by atoms with E-state index in [0.29, 0.717) is 6.04 Å². The van der Waals surface area contributed by atoms with Gasteiger partial charge in [-0.1, -0.05) is 13.8 Å². The van der Waals surface area contributed by atoms with Crippen molar-refractivity contribution in [1.82, 2.24) is 9.78 Å². The van der Waals surface area contributed by atoms with Crippen LogP contribution < -0.4 is 0 Å². The fourth-order valence-corrected chi connectivity index (χ4v) is 2.02. The van der Waals surface area contributed by atoms with Gasteiger partial charge in [0.1, 0.15) is 0 Å². The Bertz CT molecular complexity index is 461. The van der Waals surface area contributed by atoms with Crippen LogP contribution in [0.4, 0.5) is 0 Å². The minimum Gasteiger partial charge on any atom is -0.269 e. The molecule has 0 fully saturated rings. The minimum absolute atomic E-state index is 0.0603. The lowest BCUT2D eigenvalue weighted by Gasteiger charge is -2.12. The zero-order valence-corrected chi connectivity index (χ0v) is 11.6. The van der Waals surface area contributed by atoms with E-state index in [9.17, 15) is 8.42 Å². The van der Waals surface area contributed by atoms with Gasteiger partial charge in [0.25, 0.3) is 10.1 Å². The first-order valence-electron chi connectivity index (χ1n) is 5.76. The molecule has 0 saturated carbocycles. The van der Waals surface area contributed by atoms with Gasteiger partial charge in [-0.25, -0.2) is 0 Å². The summed E-state index contributed by atoms with van der Waals surface area (Å²) in [4.78, 5) is 0. The largest absolute Gasteiger partial charge is 0.269 e. The molecule has 0 aliphatic heterocycles. The first kappa shape index (κ1) is 14.2. The summed E-state index contributed by atoms with van der Waals surface area (Å²) in [6, 6.07) is 0.362. The van der Waals surface area contributed by atoms with E-state index in [1.54, 1.807) is 0 Å². The number of hydrogen-bond acceptors (Lipinski definition) is 4. The van der Waals surface area contributed by atoms with Crippen molar-refractivity contribution in [3.05, 3.63) is 17.5 Å². The molecule has 0 amide bonds. The third-order valence-corrected chi connectivity index (χ3v) is 3.31. The molecule has 0 radical (unpaired) electrons. The van der Waals surface area contributed by atoms with Crippen LogP contribution in [0, 0.1) is 6.92 Å². The van der Waals surface area contributed by atoms with Gasteiger partial charge < -0.3 is 0 Å². The van der Waals surface area contributed by atoms with Gasteiger partial charge in [0.2, 0.25) is 0 Å². The lowest BCUT2D eigenvalue weighted by molar-refractivity contribution is 0.310. The van der Waals surface area contributed by atoms with Crippen molar-refractivity contribution in [1.29, 1.82) is 0 Å². The fourth-order valence-electron chi connectivity index (χ4n) is 1.68. The standard InChI is InChI=1S/C11H20N2O3S/c1-5-11(6-2)13-7-10(9(3)12-13)8-16-17(4,14)15/h7,11H,5-6,8H2,1-4H3. The molecule has 5 nitrogen and oxygen atoms in total. The van der Waals surface area contributed by atoms with Crippen molar-refractivity contribution in [2.75, 3.05) is 6.26 Å². The molecule has 0 spiro atoms. The Morgan fingerprint density at radius 2 is 2.00 bits per heavy atom. The van der Waals surface area contributed by atoms with E-state index < -0.39 is 10.1 Å². The maximum Gasteiger partial charge on any atom is 0.264 e. The smallest absolute Gasteiger partial charge is 0.264 e. The molecule has 0 saturated heterocycles. The Morgan fingerprint density at radius 3 is 2.47 bits per heavy atom. The first-order chi connectivity index (χ1) is 7.87. The van der Waals surface area contributed by atoms with Gasteiger partial charge in [0, 0.05) is 11.8 Å². The molecule has 0 aliphatic rings. The summed E-state index contributed by atoms with van der Waals surface area (Å²) in [5.41, 5.74) is 1.64. The second-order valence-electron chi connectivity index (χ2n) is 4.16. The number of rotatable bonds is 6. The average Bonchev–Trinajstić information content (AvgIpc) is 2.58. The molecule has 1 aromatic heterocycles. The van der Waals surface area contributed by atoms with E-state index in [4.69, 9.17) is 4.18 Å². The molecular formula is C11H20N2O3S. The molecule has 1 rings (SSSR count). The lowest BCUT2D eigenvalue weighted by atomic mass is 10.2. The topological polar surface area (TPSA) is 61.2 Å². The minimum atomic E-state index is -3.40. The zero-order valence-electron chi connectivity index (χ0n) is 10.8. The highest BCUT2D eigenvalue weighted by atomic mass is 32.2. The highest BCUT2D eigenvalue weighted by Gasteiger charge is 2.12. The van der Waals surface area contributed by atoms with E-state index >= 15 is 0 Å². The number of aryl methyl sites for hydroxylation is 1. The summed E-state index contributed by atoms with van der Waals surface area (Å²) in [5, 5.41) is 4.40. The van der Waals surface area contributed by atoms with Crippen molar-refractivity contribution in [3.8, 4) is 0 Å². The van der Waals surface area contributed by atoms with Crippen molar-refractivity contribution in [2.24, 2.45) is 0 Å². The number of aromatic nitrogens is 2. The molecule has 0 aromatic carbocycles. The van der Waals surface area contributed by atoms with Gasteiger partial charge >= 0.3 is 0 Å². The quantitative estimate of drug-likeness (QED) is 0.734. The van der Waals surface area contributed by atoms with Gasteiger partial charge in [-0.15, -0.1) is 0 Å². The molecule has 17 heavy (non-hydrogen) atoms. The summed E-state index contributed by atoms with van der Waals surface area (Å²) < 4.78 is 28.5. The number of nitrogens with zero attached hydrogens (tertiary/aromatic N) is 2. The second-order valence-corrected chi connectivity index (χ2v) is 5.80. The van der Waals surface area contributed by atoms with Crippen molar-refractivity contribution >= 4 is 10.1 Å². The van der Waals surface area contributed by atoms with E-state index in [2.05, 4.69) is 18.9 Å². The fraction of sp³-hybridized carbons (Fsp3) is 0.727. The lowest BCUT2D eigenvalue weighted by Crippen LogP contribution is -2.07. The summed E-state index contributed by atoms with van der Waals surface area (Å²) in [6.07, 6.45) is 4.93. The molecule has 1 aromatic rings. The molecule has 6 heteroatoms. The summed E-state index contributed by atoms with van der Waals surface area (Å²) in [7, 11) is -3.40. The predicted molar refractivity (Wildman–Crippen MR) is 66.2 cm³/mol. The van der Waals surface area contributed by atoms with Crippen LogP contribution in [-0.4, -0.2) is 24.5 Å². The molecule has 0 atom stereocenters. The number of hydrogen-bond donors (Lipinski definition) is 0. The van der Waals surface area contributed by atoms with Crippen LogP contribution in [0.5, 0.6) is 0 Å². The molecule has 1 heterocycles. The second kappa shape index (κ2) is 5.64. The highest BCUT2D eigenvalue weighted by molar-refractivity contribution is 7.85. The van der Waals surface area contributed by atoms with Gasteiger partial charge in [-0.2, -0.15) is 13.5 Å². The predicted octanol–water partition coefficient (Wildman–Crippen LogP) is 2.03. The Hall–Kier alpha value is -0.880. The van der Waals surface area contributed by atoms with Gasteiger partial charge in [-0.3, -0.25) is 8.86 Å². The Labute approximate surface area is 103 Å².